The first kappa shape index (κ1) is 18.0. The molecule has 1 saturated heterocycles. The SMILES string of the molecule is CN(C)c1ncccc1C(=O)N[C@@H]1CCN(C(=O)OC(C)(C)C)C1. The van der Waals surface area contributed by atoms with Gasteiger partial charge in [-0.25, -0.2) is 9.78 Å². The van der Waals surface area contributed by atoms with Crippen molar-refractivity contribution < 1.29 is 14.3 Å². The minimum atomic E-state index is -0.519. The number of aromatic nitrogens is 1. The van der Waals surface area contributed by atoms with Crippen LogP contribution in [0.15, 0.2) is 18.3 Å². The van der Waals surface area contributed by atoms with E-state index in [0.29, 0.717) is 30.9 Å². The highest BCUT2D eigenvalue weighted by atomic mass is 16.6. The zero-order valence-corrected chi connectivity index (χ0v) is 15.0. The van der Waals surface area contributed by atoms with E-state index in [2.05, 4.69) is 10.3 Å². The van der Waals surface area contributed by atoms with Crippen LogP contribution in [0.2, 0.25) is 0 Å². The van der Waals surface area contributed by atoms with Crippen molar-refractivity contribution in [2.45, 2.75) is 38.8 Å². The summed E-state index contributed by atoms with van der Waals surface area (Å²) in [5.41, 5.74) is 0.00702. The second-order valence-corrected chi connectivity index (χ2v) is 7.15. The molecule has 0 aromatic carbocycles. The van der Waals surface area contributed by atoms with E-state index in [9.17, 15) is 9.59 Å². The molecule has 0 saturated carbocycles. The van der Waals surface area contributed by atoms with Gasteiger partial charge in [-0.05, 0) is 39.3 Å². The van der Waals surface area contributed by atoms with E-state index in [-0.39, 0.29) is 18.0 Å². The Morgan fingerprint density at radius 1 is 1.38 bits per heavy atom. The molecule has 7 heteroatoms. The largest absolute Gasteiger partial charge is 0.444 e. The third-order valence-electron chi connectivity index (χ3n) is 3.63. The fraction of sp³-hybridized carbons (Fsp3) is 0.588. The van der Waals surface area contributed by atoms with Gasteiger partial charge in [-0.1, -0.05) is 0 Å². The lowest BCUT2D eigenvalue weighted by Crippen LogP contribution is -2.40. The summed E-state index contributed by atoms with van der Waals surface area (Å²) < 4.78 is 5.37. The maximum atomic E-state index is 12.5. The number of nitrogens with one attached hydrogen (secondary N) is 1. The van der Waals surface area contributed by atoms with Crippen LogP contribution in [0.25, 0.3) is 0 Å². The number of nitrogens with zero attached hydrogens (tertiary/aromatic N) is 3. The number of carbonyl (C=O) groups excluding carboxylic acids is 2. The van der Waals surface area contributed by atoms with Gasteiger partial charge in [0.2, 0.25) is 0 Å². The van der Waals surface area contributed by atoms with Crippen LogP contribution in [-0.4, -0.2) is 60.7 Å². The molecule has 1 N–H and O–H groups in total. The molecule has 1 aliphatic heterocycles. The fourth-order valence-electron chi connectivity index (χ4n) is 2.56. The second-order valence-electron chi connectivity index (χ2n) is 7.15. The Kier molecular flexibility index (Phi) is 5.31. The van der Waals surface area contributed by atoms with Crippen LogP contribution in [0.1, 0.15) is 37.6 Å². The van der Waals surface area contributed by atoms with Gasteiger partial charge in [0.25, 0.3) is 5.91 Å². The normalized spacial score (nSPS) is 17.5. The van der Waals surface area contributed by atoms with Crippen molar-refractivity contribution >= 4 is 17.8 Å². The van der Waals surface area contributed by atoms with Gasteiger partial charge in [0, 0.05) is 39.4 Å². The highest BCUT2D eigenvalue weighted by Crippen LogP contribution is 2.18. The summed E-state index contributed by atoms with van der Waals surface area (Å²) in [5.74, 6) is 0.444. The number of likely N-dealkylation sites (tertiary alicyclic amines) is 1. The summed E-state index contributed by atoms with van der Waals surface area (Å²) in [6, 6.07) is 3.40. The number of hydrogen-bond donors (Lipinski definition) is 1. The Labute approximate surface area is 143 Å². The van der Waals surface area contributed by atoms with Crippen molar-refractivity contribution in [2.24, 2.45) is 0 Å². The molecule has 2 heterocycles. The maximum absolute atomic E-state index is 12.5. The van der Waals surface area contributed by atoms with Gasteiger partial charge in [-0.15, -0.1) is 0 Å². The minimum Gasteiger partial charge on any atom is -0.444 e. The van der Waals surface area contributed by atoms with Gasteiger partial charge in [-0.3, -0.25) is 4.79 Å². The zero-order valence-electron chi connectivity index (χ0n) is 15.0. The van der Waals surface area contributed by atoms with E-state index in [0.717, 1.165) is 0 Å². The lowest BCUT2D eigenvalue weighted by molar-refractivity contribution is 0.0290. The molecule has 1 aromatic heterocycles. The molecule has 1 atom stereocenters. The summed E-state index contributed by atoms with van der Waals surface area (Å²) in [6.07, 6.45) is 2.03. The molecule has 1 aliphatic rings. The molecule has 7 nitrogen and oxygen atoms in total. The van der Waals surface area contributed by atoms with Crippen LogP contribution in [0.4, 0.5) is 10.6 Å². The Bertz CT molecular complexity index is 610. The Morgan fingerprint density at radius 3 is 2.71 bits per heavy atom. The van der Waals surface area contributed by atoms with E-state index in [1.54, 1.807) is 28.1 Å². The first-order valence-corrected chi connectivity index (χ1v) is 8.08. The van der Waals surface area contributed by atoms with Crippen molar-refractivity contribution in [1.82, 2.24) is 15.2 Å². The molecule has 1 fully saturated rings. The molecular weight excluding hydrogens is 308 g/mol. The summed E-state index contributed by atoms with van der Waals surface area (Å²) in [7, 11) is 3.69. The number of ether oxygens (including phenoxy) is 1. The molecule has 0 aliphatic carbocycles. The van der Waals surface area contributed by atoms with Gasteiger partial charge in [-0.2, -0.15) is 0 Å². The lowest BCUT2D eigenvalue weighted by Gasteiger charge is -2.24. The monoisotopic (exact) mass is 334 g/mol. The third-order valence-corrected chi connectivity index (χ3v) is 3.63. The molecule has 24 heavy (non-hydrogen) atoms. The van der Waals surface area contributed by atoms with E-state index >= 15 is 0 Å². The quantitative estimate of drug-likeness (QED) is 0.913. The predicted octanol–water partition coefficient (Wildman–Crippen LogP) is 1.89. The van der Waals surface area contributed by atoms with E-state index in [1.165, 1.54) is 0 Å². The van der Waals surface area contributed by atoms with Crippen molar-refractivity contribution in [3.05, 3.63) is 23.9 Å². The molecule has 2 amide bonds. The number of rotatable bonds is 3. The highest BCUT2D eigenvalue weighted by Gasteiger charge is 2.31. The van der Waals surface area contributed by atoms with Crippen molar-refractivity contribution in [1.29, 1.82) is 0 Å². The maximum Gasteiger partial charge on any atom is 0.410 e. The Morgan fingerprint density at radius 2 is 2.08 bits per heavy atom. The van der Waals surface area contributed by atoms with E-state index in [4.69, 9.17) is 4.74 Å². The predicted molar refractivity (Wildman–Crippen MR) is 92.2 cm³/mol. The number of hydrogen-bond acceptors (Lipinski definition) is 5. The molecule has 1 aromatic rings. The molecule has 0 bridgehead atoms. The van der Waals surface area contributed by atoms with Crippen LogP contribution in [0.3, 0.4) is 0 Å². The summed E-state index contributed by atoms with van der Waals surface area (Å²) in [5, 5.41) is 2.98. The average molecular weight is 334 g/mol. The molecular formula is C17H26N4O3. The Balaban J connectivity index is 1.96. The number of pyridine rings is 1. The number of anilines is 1. The van der Waals surface area contributed by atoms with E-state index in [1.807, 2.05) is 34.9 Å². The lowest BCUT2D eigenvalue weighted by atomic mass is 10.2. The van der Waals surface area contributed by atoms with Gasteiger partial charge >= 0.3 is 6.09 Å². The molecule has 2 rings (SSSR count). The molecule has 0 spiro atoms. The topological polar surface area (TPSA) is 74.8 Å². The van der Waals surface area contributed by atoms with Crippen molar-refractivity contribution in [3.63, 3.8) is 0 Å². The third kappa shape index (κ3) is 4.59. The van der Waals surface area contributed by atoms with Gasteiger partial charge in [0.15, 0.2) is 0 Å². The minimum absolute atomic E-state index is 0.0831. The molecule has 0 radical (unpaired) electrons. The Hall–Kier alpha value is -2.31. The van der Waals surface area contributed by atoms with Gasteiger partial charge in [0.1, 0.15) is 11.4 Å². The summed E-state index contributed by atoms with van der Waals surface area (Å²) in [6.45, 7) is 6.55. The first-order chi connectivity index (χ1) is 11.2. The molecule has 132 valence electrons. The van der Waals surface area contributed by atoms with Crippen LogP contribution >= 0.6 is 0 Å². The van der Waals surface area contributed by atoms with E-state index < -0.39 is 5.60 Å². The van der Waals surface area contributed by atoms with Crippen LogP contribution < -0.4 is 10.2 Å². The van der Waals surface area contributed by atoms with Gasteiger partial charge < -0.3 is 19.9 Å². The van der Waals surface area contributed by atoms with Crippen LogP contribution in [0, 0.1) is 0 Å². The van der Waals surface area contributed by atoms with Crippen LogP contribution in [0.5, 0.6) is 0 Å². The average Bonchev–Trinajstić information content (AvgIpc) is 2.94. The second kappa shape index (κ2) is 7.07. The van der Waals surface area contributed by atoms with Crippen molar-refractivity contribution in [2.75, 3.05) is 32.1 Å². The molecule has 0 unspecified atom stereocenters. The number of carbonyl (C=O) groups is 2. The standard InChI is InChI=1S/C17H26N4O3/c1-17(2,3)24-16(23)21-10-8-12(11-21)19-15(22)13-7-6-9-18-14(13)20(4)5/h6-7,9,12H,8,10-11H2,1-5H3,(H,19,22)/t12-/m1/s1. The van der Waals surface area contributed by atoms with Crippen molar-refractivity contribution in [3.8, 4) is 0 Å². The van der Waals surface area contributed by atoms with Crippen LogP contribution in [-0.2, 0) is 4.74 Å². The first-order valence-electron chi connectivity index (χ1n) is 8.08. The summed E-state index contributed by atoms with van der Waals surface area (Å²) >= 11 is 0. The zero-order chi connectivity index (χ0) is 17.9. The fourth-order valence-corrected chi connectivity index (χ4v) is 2.56. The number of amides is 2. The smallest absolute Gasteiger partial charge is 0.410 e. The highest BCUT2D eigenvalue weighted by molar-refractivity contribution is 5.99. The van der Waals surface area contributed by atoms with Gasteiger partial charge in [0.05, 0.1) is 5.56 Å². The summed E-state index contributed by atoms with van der Waals surface area (Å²) in [4.78, 5) is 32.3.